The molecule has 2 heterocycles. The molecule has 2 aromatic rings. The minimum absolute atomic E-state index is 0.0737. The lowest BCUT2D eigenvalue weighted by molar-refractivity contribution is 0.0340. The van der Waals surface area contributed by atoms with Crippen molar-refractivity contribution in [3.63, 3.8) is 0 Å². The van der Waals surface area contributed by atoms with E-state index in [0.29, 0.717) is 13.2 Å². The maximum absolute atomic E-state index is 13.2. The largest absolute Gasteiger partial charge is 0.379 e. The zero-order valence-corrected chi connectivity index (χ0v) is 13.7. The van der Waals surface area contributed by atoms with E-state index in [0.717, 1.165) is 43.0 Å². The summed E-state index contributed by atoms with van der Waals surface area (Å²) in [6.07, 6.45) is 1.67. The van der Waals surface area contributed by atoms with Gasteiger partial charge in [-0.05, 0) is 29.8 Å². The molecule has 1 aliphatic heterocycles. The summed E-state index contributed by atoms with van der Waals surface area (Å²) in [5.74, 6) is -2.49. The highest BCUT2D eigenvalue weighted by Crippen LogP contribution is 2.12. The van der Waals surface area contributed by atoms with Crippen molar-refractivity contribution in [1.82, 2.24) is 15.2 Å². The monoisotopic (exact) mass is 347 g/mol. The zero-order valence-electron chi connectivity index (χ0n) is 13.7. The number of ether oxygens (including phenoxy) is 1. The molecule has 0 radical (unpaired) electrons. The van der Waals surface area contributed by atoms with Crippen LogP contribution in [0.15, 0.2) is 36.5 Å². The smallest absolute Gasteiger partial charge is 0.251 e. The van der Waals surface area contributed by atoms with Crippen LogP contribution < -0.4 is 5.32 Å². The summed E-state index contributed by atoms with van der Waals surface area (Å²) in [4.78, 5) is 18.7. The maximum atomic E-state index is 13.2. The van der Waals surface area contributed by atoms with Crippen LogP contribution in [0.4, 0.5) is 8.78 Å². The van der Waals surface area contributed by atoms with Gasteiger partial charge in [0.05, 0.1) is 25.5 Å². The fourth-order valence-corrected chi connectivity index (χ4v) is 2.68. The van der Waals surface area contributed by atoms with Gasteiger partial charge in [0.15, 0.2) is 11.6 Å². The third-order valence-corrected chi connectivity index (χ3v) is 4.08. The molecule has 1 amide bonds. The van der Waals surface area contributed by atoms with E-state index in [9.17, 15) is 13.6 Å². The summed E-state index contributed by atoms with van der Waals surface area (Å²) in [6.45, 7) is 4.09. The molecule has 1 N–H and O–H groups in total. The van der Waals surface area contributed by atoms with Gasteiger partial charge in [0.25, 0.3) is 5.91 Å². The van der Waals surface area contributed by atoms with Gasteiger partial charge >= 0.3 is 0 Å². The van der Waals surface area contributed by atoms with E-state index in [1.807, 2.05) is 12.1 Å². The van der Waals surface area contributed by atoms with Crippen molar-refractivity contribution in [1.29, 1.82) is 0 Å². The van der Waals surface area contributed by atoms with Crippen molar-refractivity contribution in [2.45, 2.75) is 13.1 Å². The van der Waals surface area contributed by atoms with Crippen LogP contribution in [0.25, 0.3) is 0 Å². The Kier molecular flexibility index (Phi) is 5.67. The highest BCUT2D eigenvalue weighted by Gasteiger charge is 2.14. The van der Waals surface area contributed by atoms with Crippen LogP contribution in [0.1, 0.15) is 21.6 Å². The number of amides is 1. The number of carbonyl (C=O) groups excluding carboxylic acids is 1. The van der Waals surface area contributed by atoms with Gasteiger partial charge in [-0.1, -0.05) is 6.07 Å². The second kappa shape index (κ2) is 8.13. The maximum Gasteiger partial charge on any atom is 0.251 e. The molecule has 132 valence electrons. The zero-order chi connectivity index (χ0) is 17.6. The second-order valence-electron chi connectivity index (χ2n) is 5.81. The van der Waals surface area contributed by atoms with Crippen molar-refractivity contribution in [2.24, 2.45) is 0 Å². The fourth-order valence-electron chi connectivity index (χ4n) is 2.68. The Bertz CT molecular complexity index is 749. The lowest BCUT2D eigenvalue weighted by Crippen LogP contribution is -2.36. The van der Waals surface area contributed by atoms with E-state index in [1.54, 1.807) is 6.20 Å². The molecular weight excluding hydrogens is 328 g/mol. The number of nitrogens with one attached hydrogen (secondary N) is 1. The van der Waals surface area contributed by atoms with Crippen LogP contribution in [-0.2, 0) is 17.8 Å². The number of benzene rings is 1. The average Bonchev–Trinajstić information content (AvgIpc) is 2.64. The molecule has 5 nitrogen and oxygen atoms in total. The first-order chi connectivity index (χ1) is 12.1. The van der Waals surface area contributed by atoms with Crippen molar-refractivity contribution in [3.8, 4) is 0 Å². The standard InChI is InChI=1S/C18H19F2N3O2/c19-15-4-3-13(10-16(15)20)18(24)22-11-17-14(2-1-5-21-17)12-23-6-8-25-9-7-23/h1-5,10H,6-9,11-12H2,(H,22,24). The highest BCUT2D eigenvalue weighted by atomic mass is 19.2. The minimum Gasteiger partial charge on any atom is -0.379 e. The van der Waals surface area contributed by atoms with E-state index in [-0.39, 0.29) is 12.1 Å². The SMILES string of the molecule is O=C(NCc1ncccc1CN1CCOCC1)c1ccc(F)c(F)c1. The number of rotatable bonds is 5. The highest BCUT2D eigenvalue weighted by molar-refractivity contribution is 5.94. The minimum atomic E-state index is -1.04. The van der Waals surface area contributed by atoms with E-state index < -0.39 is 17.5 Å². The number of nitrogens with zero attached hydrogens (tertiary/aromatic N) is 2. The number of hydrogen-bond acceptors (Lipinski definition) is 4. The molecule has 0 unspecified atom stereocenters. The lowest BCUT2D eigenvalue weighted by atomic mass is 10.1. The Morgan fingerprint density at radius 3 is 2.76 bits per heavy atom. The van der Waals surface area contributed by atoms with Gasteiger partial charge in [-0.2, -0.15) is 0 Å². The number of halogens is 2. The number of aromatic nitrogens is 1. The fraction of sp³-hybridized carbons (Fsp3) is 0.333. The van der Waals surface area contributed by atoms with E-state index >= 15 is 0 Å². The third-order valence-electron chi connectivity index (χ3n) is 4.08. The van der Waals surface area contributed by atoms with Crippen molar-refractivity contribution < 1.29 is 18.3 Å². The van der Waals surface area contributed by atoms with Crippen molar-refractivity contribution >= 4 is 5.91 Å². The molecule has 0 atom stereocenters. The summed E-state index contributed by atoms with van der Waals surface area (Å²) in [5.41, 5.74) is 1.85. The van der Waals surface area contributed by atoms with Crippen molar-refractivity contribution in [3.05, 3.63) is 65.0 Å². The molecule has 3 rings (SSSR count). The van der Waals surface area contributed by atoms with E-state index in [2.05, 4.69) is 15.2 Å². The van der Waals surface area contributed by atoms with Gasteiger partial charge in [0.2, 0.25) is 0 Å². The Morgan fingerprint density at radius 1 is 1.20 bits per heavy atom. The summed E-state index contributed by atoms with van der Waals surface area (Å²) in [7, 11) is 0. The molecule has 1 saturated heterocycles. The predicted octanol–water partition coefficient (Wildman–Crippen LogP) is 2.12. The van der Waals surface area contributed by atoms with Gasteiger partial charge in [-0.15, -0.1) is 0 Å². The molecular formula is C18H19F2N3O2. The van der Waals surface area contributed by atoms with Crippen LogP contribution in [0, 0.1) is 11.6 Å². The Hall–Kier alpha value is -2.38. The normalized spacial score (nSPS) is 15.1. The molecule has 1 aliphatic rings. The summed E-state index contributed by atoms with van der Waals surface area (Å²) in [5, 5.41) is 2.71. The number of morpholine rings is 1. The quantitative estimate of drug-likeness (QED) is 0.900. The van der Waals surface area contributed by atoms with Crippen LogP contribution in [-0.4, -0.2) is 42.1 Å². The third kappa shape index (κ3) is 4.58. The summed E-state index contributed by atoms with van der Waals surface area (Å²) in [6, 6.07) is 6.91. The van der Waals surface area contributed by atoms with Crippen LogP contribution in [0.3, 0.4) is 0 Å². The molecule has 1 aromatic carbocycles. The summed E-state index contributed by atoms with van der Waals surface area (Å²) < 4.78 is 31.5. The van der Waals surface area contributed by atoms with Crippen LogP contribution in [0.2, 0.25) is 0 Å². The van der Waals surface area contributed by atoms with Gasteiger partial charge in [0.1, 0.15) is 0 Å². The second-order valence-corrected chi connectivity index (χ2v) is 5.81. The number of pyridine rings is 1. The molecule has 7 heteroatoms. The number of carbonyl (C=O) groups is 1. The Balaban J connectivity index is 1.64. The first kappa shape index (κ1) is 17.4. The Morgan fingerprint density at radius 2 is 2.00 bits per heavy atom. The average molecular weight is 347 g/mol. The topological polar surface area (TPSA) is 54.5 Å². The molecule has 0 spiro atoms. The molecule has 1 fully saturated rings. The molecule has 0 aliphatic carbocycles. The Labute approximate surface area is 144 Å². The summed E-state index contributed by atoms with van der Waals surface area (Å²) >= 11 is 0. The van der Waals surface area contributed by atoms with Crippen LogP contribution >= 0.6 is 0 Å². The first-order valence-electron chi connectivity index (χ1n) is 8.09. The van der Waals surface area contributed by atoms with Crippen LogP contribution in [0.5, 0.6) is 0 Å². The van der Waals surface area contributed by atoms with Gasteiger partial charge in [0, 0.05) is 31.4 Å². The predicted molar refractivity (Wildman–Crippen MR) is 87.9 cm³/mol. The molecule has 25 heavy (non-hydrogen) atoms. The first-order valence-corrected chi connectivity index (χ1v) is 8.09. The number of hydrogen-bond donors (Lipinski definition) is 1. The van der Waals surface area contributed by atoms with E-state index in [4.69, 9.17) is 4.74 Å². The lowest BCUT2D eigenvalue weighted by Gasteiger charge is -2.27. The molecule has 1 aromatic heterocycles. The van der Waals surface area contributed by atoms with Gasteiger partial charge in [-0.25, -0.2) is 8.78 Å². The van der Waals surface area contributed by atoms with Crippen molar-refractivity contribution in [2.75, 3.05) is 26.3 Å². The van der Waals surface area contributed by atoms with E-state index in [1.165, 1.54) is 6.07 Å². The van der Waals surface area contributed by atoms with Gasteiger partial charge < -0.3 is 10.1 Å². The molecule has 0 saturated carbocycles. The molecule has 0 bridgehead atoms. The van der Waals surface area contributed by atoms with Gasteiger partial charge in [-0.3, -0.25) is 14.7 Å².